The molecule has 0 aliphatic carbocycles. The van der Waals surface area contributed by atoms with Gasteiger partial charge in [0.2, 0.25) is 17.5 Å². The van der Waals surface area contributed by atoms with Crippen molar-refractivity contribution in [1.82, 2.24) is 15.2 Å². The van der Waals surface area contributed by atoms with E-state index in [2.05, 4.69) is 21.3 Å². The fourth-order valence-electron chi connectivity index (χ4n) is 3.58. The maximum absolute atomic E-state index is 9.78. The number of allylic oxidation sites excluding steroid dienone is 1. The van der Waals surface area contributed by atoms with Crippen LogP contribution in [0, 0.1) is 11.3 Å². The number of nitriles is 1. The molecule has 30 heavy (non-hydrogen) atoms. The van der Waals surface area contributed by atoms with Crippen molar-refractivity contribution in [2.45, 2.75) is 5.92 Å². The Balaban J connectivity index is 1.95. The number of nitrogens with one attached hydrogen (secondary N) is 1. The molecule has 1 aliphatic heterocycles. The number of aromatic nitrogens is 3. The van der Waals surface area contributed by atoms with E-state index in [4.69, 9.17) is 24.7 Å². The van der Waals surface area contributed by atoms with Crippen molar-refractivity contribution in [3.8, 4) is 40.5 Å². The maximum Gasteiger partial charge on any atom is 0.244 e. The Bertz CT molecular complexity index is 1140. The van der Waals surface area contributed by atoms with E-state index < -0.39 is 5.92 Å². The Hall–Kier alpha value is -4.19. The molecule has 1 aromatic carbocycles. The molecule has 152 valence electrons. The molecule has 4 rings (SSSR count). The van der Waals surface area contributed by atoms with Gasteiger partial charge >= 0.3 is 0 Å². The fraction of sp³-hybridized carbons (Fsp3) is 0.190. The first-order valence-corrected chi connectivity index (χ1v) is 8.99. The van der Waals surface area contributed by atoms with Gasteiger partial charge in [-0.15, -0.1) is 5.10 Å². The molecule has 2 aromatic heterocycles. The first kappa shape index (κ1) is 19.1. The smallest absolute Gasteiger partial charge is 0.244 e. The third kappa shape index (κ3) is 2.95. The first-order chi connectivity index (χ1) is 14.6. The van der Waals surface area contributed by atoms with Gasteiger partial charge < -0.3 is 24.7 Å². The Morgan fingerprint density at radius 2 is 1.77 bits per heavy atom. The van der Waals surface area contributed by atoms with Crippen LogP contribution in [0.2, 0.25) is 0 Å². The molecule has 3 aromatic rings. The van der Waals surface area contributed by atoms with Crippen LogP contribution >= 0.6 is 0 Å². The number of rotatable bonds is 5. The second-order valence-corrected chi connectivity index (χ2v) is 6.44. The number of aromatic amines is 1. The summed E-state index contributed by atoms with van der Waals surface area (Å²) in [5.74, 6) is 1.30. The summed E-state index contributed by atoms with van der Waals surface area (Å²) in [7, 11) is 4.63. The number of nitrogens with two attached hydrogens (primary N) is 1. The number of benzene rings is 1. The zero-order valence-corrected chi connectivity index (χ0v) is 16.6. The monoisotopic (exact) mass is 405 g/mol. The predicted molar refractivity (Wildman–Crippen MR) is 107 cm³/mol. The standard InChI is InChI=1S/C21H19N5O4/c1-27-14-8-12(9-15(28-2)19(14)29-3)18-17-16(11-4-6-24-7-5-11)13(10-22)20(23)30-21(17)26-25-18/h4-9,16H,23H2,1-3H3,(H,25,26)/t16-/m1/s1. The first-order valence-electron chi connectivity index (χ1n) is 8.99. The topological polar surface area (TPSA) is 128 Å². The summed E-state index contributed by atoms with van der Waals surface area (Å²) in [6.07, 6.45) is 3.32. The molecule has 0 fully saturated rings. The molecule has 9 heteroatoms. The average Bonchev–Trinajstić information content (AvgIpc) is 3.20. The molecule has 3 heterocycles. The normalized spacial score (nSPS) is 15.1. The lowest BCUT2D eigenvalue weighted by atomic mass is 9.83. The van der Waals surface area contributed by atoms with Gasteiger partial charge in [-0.2, -0.15) is 5.26 Å². The summed E-state index contributed by atoms with van der Waals surface area (Å²) in [6, 6.07) is 9.43. The number of ether oxygens (including phenoxy) is 4. The molecule has 3 N–H and O–H groups in total. The summed E-state index contributed by atoms with van der Waals surface area (Å²) in [5, 5.41) is 17.1. The van der Waals surface area contributed by atoms with Crippen LogP contribution in [-0.4, -0.2) is 36.5 Å². The highest BCUT2D eigenvalue weighted by Gasteiger charge is 2.36. The van der Waals surface area contributed by atoms with Crippen molar-refractivity contribution in [2.24, 2.45) is 5.73 Å². The van der Waals surface area contributed by atoms with Gasteiger partial charge in [-0.05, 0) is 29.8 Å². The summed E-state index contributed by atoms with van der Waals surface area (Å²) in [4.78, 5) is 4.07. The highest BCUT2D eigenvalue weighted by atomic mass is 16.5. The third-order valence-electron chi connectivity index (χ3n) is 4.93. The molecule has 0 bridgehead atoms. The van der Waals surface area contributed by atoms with Crippen LogP contribution in [0.3, 0.4) is 0 Å². The van der Waals surface area contributed by atoms with E-state index in [1.165, 1.54) is 7.11 Å². The van der Waals surface area contributed by atoms with Gasteiger partial charge in [0.25, 0.3) is 0 Å². The van der Waals surface area contributed by atoms with E-state index in [1.54, 1.807) is 38.7 Å². The number of H-pyrrole nitrogens is 1. The zero-order chi connectivity index (χ0) is 21.3. The maximum atomic E-state index is 9.78. The van der Waals surface area contributed by atoms with Crippen LogP contribution in [0.4, 0.5) is 0 Å². The van der Waals surface area contributed by atoms with Gasteiger partial charge in [-0.1, -0.05) is 0 Å². The highest BCUT2D eigenvalue weighted by Crippen LogP contribution is 2.48. The number of methoxy groups -OCH3 is 3. The van der Waals surface area contributed by atoms with Crippen LogP contribution in [0.1, 0.15) is 17.0 Å². The Labute approximate surface area is 172 Å². The second kappa shape index (κ2) is 7.67. The Morgan fingerprint density at radius 1 is 1.10 bits per heavy atom. The van der Waals surface area contributed by atoms with Crippen molar-refractivity contribution < 1.29 is 18.9 Å². The van der Waals surface area contributed by atoms with Crippen molar-refractivity contribution >= 4 is 0 Å². The van der Waals surface area contributed by atoms with E-state index in [1.807, 2.05) is 12.1 Å². The van der Waals surface area contributed by atoms with Crippen LogP contribution in [0.25, 0.3) is 11.3 Å². The van der Waals surface area contributed by atoms with Gasteiger partial charge in [0.15, 0.2) is 11.5 Å². The predicted octanol–water partition coefficient (Wildman–Crippen LogP) is 2.72. The van der Waals surface area contributed by atoms with Crippen LogP contribution in [0.15, 0.2) is 48.1 Å². The van der Waals surface area contributed by atoms with Crippen molar-refractivity contribution in [2.75, 3.05) is 21.3 Å². The van der Waals surface area contributed by atoms with Crippen molar-refractivity contribution in [3.63, 3.8) is 0 Å². The third-order valence-corrected chi connectivity index (χ3v) is 4.93. The molecule has 0 spiro atoms. The van der Waals surface area contributed by atoms with Gasteiger partial charge in [0, 0.05) is 18.0 Å². The van der Waals surface area contributed by atoms with Crippen molar-refractivity contribution in [3.05, 3.63) is 59.2 Å². The molecule has 9 nitrogen and oxygen atoms in total. The number of hydrogen-bond acceptors (Lipinski definition) is 8. The number of pyridine rings is 1. The SMILES string of the molecule is COc1cc(-c2[nH]nc3c2[C@H](c2ccncc2)C(C#N)=C(N)O3)cc(OC)c1OC. The molecular formula is C21H19N5O4. The number of hydrogen-bond donors (Lipinski definition) is 2. The minimum atomic E-state index is -0.477. The van der Waals surface area contributed by atoms with Gasteiger partial charge in [0.05, 0.1) is 38.5 Å². The Kier molecular flexibility index (Phi) is 4.90. The molecule has 1 atom stereocenters. The largest absolute Gasteiger partial charge is 0.493 e. The molecule has 0 saturated heterocycles. The summed E-state index contributed by atoms with van der Waals surface area (Å²) >= 11 is 0. The van der Waals surface area contributed by atoms with E-state index in [9.17, 15) is 5.26 Å². The molecule has 0 amide bonds. The number of fused-ring (bicyclic) bond motifs is 1. The van der Waals surface area contributed by atoms with Crippen LogP contribution in [-0.2, 0) is 0 Å². The average molecular weight is 405 g/mol. The van der Waals surface area contributed by atoms with Crippen LogP contribution in [0.5, 0.6) is 23.1 Å². The summed E-state index contributed by atoms with van der Waals surface area (Å²) in [5.41, 5.74) is 9.20. The van der Waals surface area contributed by atoms with Gasteiger partial charge in [-0.25, -0.2) is 0 Å². The molecule has 1 aliphatic rings. The number of nitrogens with zero attached hydrogens (tertiary/aromatic N) is 3. The zero-order valence-electron chi connectivity index (χ0n) is 16.6. The fourth-order valence-corrected chi connectivity index (χ4v) is 3.58. The van der Waals surface area contributed by atoms with E-state index in [-0.39, 0.29) is 5.88 Å². The van der Waals surface area contributed by atoms with Gasteiger partial charge in [0.1, 0.15) is 11.6 Å². The summed E-state index contributed by atoms with van der Waals surface area (Å²) in [6.45, 7) is 0. The molecule has 0 unspecified atom stereocenters. The quantitative estimate of drug-likeness (QED) is 0.663. The molecule has 0 saturated carbocycles. The highest BCUT2D eigenvalue weighted by molar-refractivity contribution is 5.75. The lowest BCUT2D eigenvalue weighted by Crippen LogP contribution is -2.21. The molecular weight excluding hydrogens is 386 g/mol. The van der Waals surface area contributed by atoms with E-state index >= 15 is 0 Å². The van der Waals surface area contributed by atoms with Gasteiger partial charge in [-0.3, -0.25) is 10.1 Å². The van der Waals surface area contributed by atoms with E-state index in [0.29, 0.717) is 40.0 Å². The minimum absolute atomic E-state index is 0.0229. The second-order valence-electron chi connectivity index (χ2n) is 6.44. The van der Waals surface area contributed by atoms with Crippen molar-refractivity contribution in [1.29, 1.82) is 5.26 Å². The van der Waals surface area contributed by atoms with Crippen LogP contribution < -0.4 is 24.7 Å². The lowest BCUT2D eigenvalue weighted by Gasteiger charge is -2.24. The Morgan fingerprint density at radius 3 is 2.33 bits per heavy atom. The van der Waals surface area contributed by atoms with E-state index in [0.717, 1.165) is 11.1 Å². The molecule has 0 radical (unpaired) electrons. The lowest BCUT2D eigenvalue weighted by molar-refractivity contribution is 0.324. The summed E-state index contributed by atoms with van der Waals surface area (Å²) < 4.78 is 22.0. The minimum Gasteiger partial charge on any atom is -0.493 e.